The molecule has 2 unspecified atom stereocenters. The van der Waals surface area contributed by atoms with Gasteiger partial charge in [-0.25, -0.2) is 0 Å². The molecule has 0 radical (unpaired) electrons. The molecule has 0 aromatic rings. The summed E-state index contributed by atoms with van der Waals surface area (Å²) in [6, 6.07) is 0.0161. The zero-order valence-electron chi connectivity index (χ0n) is 10.4. The van der Waals surface area contributed by atoms with Crippen LogP contribution in [0.25, 0.3) is 0 Å². The van der Waals surface area contributed by atoms with Crippen LogP contribution < -0.4 is 10.6 Å². The van der Waals surface area contributed by atoms with Crippen LogP contribution in [0.3, 0.4) is 0 Å². The van der Waals surface area contributed by atoms with Crippen LogP contribution in [0.15, 0.2) is 0 Å². The molecule has 1 saturated heterocycles. The van der Waals surface area contributed by atoms with E-state index in [-0.39, 0.29) is 17.5 Å². The standard InChI is InChI=1S/C12H24N2O/c1-5-12(4,6-2)14-11(15)10-9(3)7-8-13-10/h9-10,13H,5-8H2,1-4H3,(H,14,15). The summed E-state index contributed by atoms with van der Waals surface area (Å²) in [4.78, 5) is 12.0. The maximum absolute atomic E-state index is 12.0. The van der Waals surface area contributed by atoms with Gasteiger partial charge in [0.25, 0.3) is 0 Å². The molecule has 1 rings (SSSR count). The highest BCUT2D eigenvalue weighted by atomic mass is 16.2. The van der Waals surface area contributed by atoms with Crippen molar-refractivity contribution in [2.45, 2.75) is 58.5 Å². The van der Waals surface area contributed by atoms with E-state index in [1.807, 2.05) is 0 Å². The lowest BCUT2D eigenvalue weighted by molar-refractivity contribution is -0.125. The molecule has 1 fully saturated rings. The molecule has 1 heterocycles. The van der Waals surface area contributed by atoms with Crippen molar-refractivity contribution < 1.29 is 4.79 Å². The maximum atomic E-state index is 12.0. The Bertz CT molecular complexity index is 224. The van der Waals surface area contributed by atoms with E-state index in [1.54, 1.807) is 0 Å². The largest absolute Gasteiger partial charge is 0.350 e. The van der Waals surface area contributed by atoms with Gasteiger partial charge in [0.15, 0.2) is 0 Å². The minimum atomic E-state index is -0.0406. The van der Waals surface area contributed by atoms with E-state index in [2.05, 4.69) is 38.3 Å². The fourth-order valence-corrected chi connectivity index (χ4v) is 1.99. The second-order valence-corrected chi connectivity index (χ2v) is 4.95. The number of hydrogen-bond acceptors (Lipinski definition) is 2. The third kappa shape index (κ3) is 2.94. The Morgan fingerprint density at radius 2 is 2.07 bits per heavy atom. The number of rotatable bonds is 4. The molecule has 88 valence electrons. The summed E-state index contributed by atoms with van der Waals surface area (Å²) in [5.74, 6) is 0.633. The Labute approximate surface area is 93.0 Å². The van der Waals surface area contributed by atoms with Gasteiger partial charge in [-0.05, 0) is 38.6 Å². The Balaban J connectivity index is 2.54. The van der Waals surface area contributed by atoms with Gasteiger partial charge in [-0.1, -0.05) is 20.8 Å². The second kappa shape index (κ2) is 4.97. The van der Waals surface area contributed by atoms with Gasteiger partial charge in [-0.15, -0.1) is 0 Å². The van der Waals surface area contributed by atoms with Crippen LogP contribution in [0.2, 0.25) is 0 Å². The minimum Gasteiger partial charge on any atom is -0.350 e. The number of nitrogens with one attached hydrogen (secondary N) is 2. The molecule has 1 amide bonds. The van der Waals surface area contributed by atoms with Gasteiger partial charge < -0.3 is 10.6 Å². The molecule has 3 nitrogen and oxygen atoms in total. The van der Waals surface area contributed by atoms with Gasteiger partial charge in [0.05, 0.1) is 6.04 Å². The highest BCUT2D eigenvalue weighted by Crippen LogP contribution is 2.18. The third-order valence-corrected chi connectivity index (χ3v) is 3.80. The van der Waals surface area contributed by atoms with Crippen LogP contribution in [0, 0.1) is 5.92 Å². The smallest absolute Gasteiger partial charge is 0.237 e. The van der Waals surface area contributed by atoms with E-state index in [0.29, 0.717) is 5.92 Å². The molecule has 3 heteroatoms. The van der Waals surface area contributed by atoms with Crippen molar-refractivity contribution in [1.29, 1.82) is 0 Å². The van der Waals surface area contributed by atoms with Gasteiger partial charge in [0.2, 0.25) is 5.91 Å². The predicted octanol–water partition coefficient (Wildman–Crippen LogP) is 1.68. The minimum absolute atomic E-state index is 0.0161. The van der Waals surface area contributed by atoms with Crippen molar-refractivity contribution in [2.24, 2.45) is 5.92 Å². The summed E-state index contributed by atoms with van der Waals surface area (Å²) in [5.41, 5.74) is -0.0406. The molecule has 0 aromatic carbocycles. The molecule has 1 aliphatic heterocycles. The van der Waals surface area contributed by atoms with Crippen LogP contribution in [-0.2, 0) is 4.79 Å². The maximum Gasteiger partial charge on any atom is 0.237 e. The van der Waals surface area contributed by atoms with Crippen LogP contribution in [0.1, 0.15) is 47.0 Å². The van der Waals surface area contributed by atoms with Crippen LogP contribution in [-0.4, -0.2) is 24.0 Å². The summed E-state index contributed by atoms with van der Waals surface area (Å²) in [6.07, 6.45) is 3.07. The topological polar surface area (TPSA) is 41.1 Å². The summed E-state index contributed by atoms with van der Waals surface area (Å²) in [6.45, 7) is 9.46. The van der Waals surface area contributed by atoms with E-state index < -0.39 is 0 Å². The third-order valence-electron chi connectivity index (χ3n) is 3.80. The molecule has 0 spiro atoms. The van der Waals surface area contributed by atoms with E-state index in [9.17, 15) is 4.79 Å². The summed E-state index contributed by atoms with van der Waals surface area (Å²) < 4.78 is 0. The van der Waals surface area contributed by atoms with Gasteiger partial charge in [-0.3, -0.25) is 4.79 Å². The molecule has 0 aliphatic carbocycles. The monoisotopic (exact) mass is 212 g/mol. The van der Waals surface area contributed by atoms with Crippen molar-refractivity contribution in [3.63, 3.8) is 0 Å². The first-order valence-electron chi connectivity index (χ1n) is 6.08. The predicted molar refractivity (Wildman–Crippen MR) is 62.7 cm³/mol. The molecule has 0 saturated carbocycles. The lowest BCUT2D eigenvalue weighted by Crippen LogP contribution is -2.52. The highest BCUT2D eigenvalue weighted by Gasteiger charge is 2.32. The van der Waals surface area contributed by atoms with Crippen LogP contribution in [0.5, 0.6) is 0 Å². The normalized spacial score (nSPS) is 26.7. The Morgan fingerprint density at radius 1 is 1.47 bits per heavy atom. The van der Waals surface area contributed by atoms with Crippen LogP contribution >= 0.6 is 0 Å². The molecular formula is C12H24N2O. The molecule has 0 aromatic heterocycles. The van der Waals surface area contributed by atoms with Gasteiger partial charge >= 0.3 is 0 Å². The van der Waals surface area contributed by atoms with Crippen molar-refractivity contribution in [2.75, 3.05) is 6.54 Å². The number of hydrogen-bond donors (Lipinski definition) is 2. The van der Waals surface area contributed by atoms with Gasteiger partial charge in [0.1, 0.15) is 0 Å². The fraction of sp³-hybridized carbons (Fsp3) is 0.917. The first-order valence-corrected chi connectivity index (χ1v) is 6.08. The van der Waals surface area contributed by atoms with Crippen molar-refractivity contribution >= 4 is 5.91 Å². The molecular weight excluding hydrogens is 188 g/mol. The van der Waals surface area contributed by atoms with Crippen molar-refractivity contribution in [3.05, 3.63) is 0 Å². The Morgan fingerprint density at radius 3 is 2.47 bits per heavy atom. The quantitative estimate of drug-likeness (QED) is 0.744. The summed E-state index contributed by atoms with van der Waals surface area (Å²) in [7, 11) is 0. The summed E-state index contributed by atoms with van der Waals surface area (Å²) >= 11 is 0. The SMILES string of the molecule is CCC(C)(CC)NC(=O)C1NCCC1C. The van der Waals surface area contributed by atoms with E-state index >= 15 is 0 Å². The second-order valence-electron chi connectivity index (χ2n) is 4.95. The van der Waals surface area contributed by atoms with Gasteiger partial charge in [-0.2, -0.15) is 0 Å². The van der Waals surface area contributed by atoms with E-state index in [4.69, 9.17) is 0 Å². The molecule has 15 heavy (non-hydrogen) atoms. The average molecular weight is 212 g/mol. The number of carbonyl (C=O) groups excluding carboxylic acids is 1. The summed E-state index contributed by atoms with van der Waals surface area (Å²) in [5, 5.41) is 6.43. The molecule has 2 N–H and O–H groups in total. The lowest BCUT2D eigenvalue weighted by atomic mass is 9.94. The van der Waals surface area contributed by atoms with Gasteiger partial charge in [0, 0.05) is 5.54 Å². The number of amides is 1. The zero-order chi connectivity index (χ0) is 11.5. The molecule has 1 aliphatic rings. The number of carbonyl (C=O) groups is 1. The lowest BCUT2D eigenvalue weighted by Gasteiger charge is -2.30. The Hall–Kier alpha value is -0.570. The van der Waals surface area contributed by atoms with E-state index in [0.717, 1.165) is 25.8 Å². The highest BCUT2D eigenvalue weighted by molar-refractivity contribution is 5.83. The first kappa shape index (κ1) is 12.5. The van der Waals surface area contributed by atoms with E-state index in [1.165, 1.54) is 0 Å². The zero-order valence-corrected chi connectivity index (χ0v) is 10.4. The van der Waals surface area contributed by atoms with Crippen molar-refractivity contribution in [1.82, 2.24) is 10.6 Å². The van der Waals surface area contributed by atoms with Crippen LogP contribution in [0.4, 0.5) is 0 Å². The van der Waals surface area contributed by atoms with Crippen molar-refractivity contribution in [3.8, 4) is 0 Å². The fourth-order valence-electron chi connectivity index (χ4n) is 1.99. The first-order chi connectivity index (χ1) is 7.02. The molecule has 0 bridgehead atoms. The average Bonchev–Trinajstić information content (AvgIpc) is 2.64. The molecule has 2 atom stereocenters. The Kier molecular flexibility index (Phi) is 4.14.